The molecule has 0 fully saturated rings. The van der Waals surface area contributed by atoms with Crippen molar-refractivity contribution in [2.75, 3.05) is 0 Å². The third-order valence-electron chi connectivity index (χ3n) is 3.28. The molecule has 1 amide bonds. The van der Waals surface area contributed by atoms with Crippen molar-refractivity contribution in [3.63, 3.8) is 0 Å². The summed E-state index contributed by atoms with van der Waals surface area (Å²) in [7, 11) is 0. The molecule has 0 radical (unpaired) electrons. The third kappa shape index (κ3) is 3.92. The van der Waals surface area contributed by atoms with Crippen LogP contribution in [-0.4, -0.2) is 11.9 Å². The van der Waals surface area contributed by atoms with Crippen molar-refractivity contribution >= 4 is 17.2 Å². The molecule has 0 saturated heterocycles. The van der Waals surface area contributed by atoms with E-state index in [2.05, 4.69) is 23.7 Å². The molecule has 1 aromatic heterocycles. The Morgan fingerprint density at radius 1 is 1.30 bits per heavy atom. The molecule has 2 aromatic rings. The van der Waals surface area contributed by atoms with E-state index in [9.17, 15) is 4.79 Å². The van der Waals surface area contributed by atoms with Crippen molar-refractivity contribution in [1.82, 2.24) is 5.32 Å². The molecule has 0 aliphatic carbocycles. The van der Waals surface area contributed by atoms with Crippen LogP contribution in [0.4, 0.5) is 0 Å². The first kappa shape index (κ1) is 14.8. The molecule has 0 unspecified atom stereocenters. The topological polar surface area (TPSA) is 55.1 Å². The molecule has 1 heterocycles. The van der Waals surface area contributed by atoms with Crippen molar-refractivity contribution in [1.29, 1.82) is 0 Å². The lowest BCUT2D eigenvalue weighted by Crippen LogP contribution is -2.41. The normalized spacial score (nSPS) is 12.1. The molecule has 0 saturated carbocycles. The van der Waals surface area contributed by atoms with E-state index in [1.165, 1.54) is 10.4 Å². The van der Waals surface area contributed by atoms with Crippen molar-refractivity contribution < 1.29 is 4.79 Å². The SMILES string of the molecule is CCc1ccsc1CNC(=O)[C@@H](N)Cc1ccccc1. The zero-order valence-corrected chi connectivity index (χ0v) is 12.5. The number of carbonyl (C=O) groups excluding carboxylic acids is 1. The number of rotatable bonds is 6. The summed E-state index contributed by atoms with van der Waals surface area (Å²) < 4.78 is 0. The van der Waals surface area contributed by atoms with Crippen molar-refractivity contribution in [3.8, 4) is 0 Å². The minimum Gasteiger partial charge on any atom is -0.350 e. The van der Waals surface area contributed by atoms with Gasteiger partial charge in [0.05, 0.1) is 12.6 Å². The molecular formula is C16H20N2OS. The predicted molar refractivity (Wildman–Crippen MR) is 83.7 cm³/mol. The summed E-state index contributed by atoms with van der Waals surface area (Å²) in [5.41, 5.74) is 8.33. The predicted octanol–water partition coefficient (Wildman–Crippen LogP) is 2.50. The standard InChI is InChI=1S/C16H20N2OS/c1-2-13-8-9-20-15(13)11-18-16(19)14(17)10-12-6-4-3-5-7-12/h3-9,14H,2,10-11,17H2,1H3,(H,18,19)/t14-/m0/s1. The van der Waals surface area contributed by atoms with Gasteiger partial charge in [-0.3, -0.25) is 4.79 Å². The summed E-state index contributed by atoms with van der Waals surface area (Å²) >= 11 is 1.68. The Bertz CT molecular complexity index is 551. The molecule has 0 bridgehead atoms. The zero-order valence-electron chi connectivity index (χ0n) is 11.6. The van der Waals surface area contributed by atoms with E-state index in [1.54, 1.807) is 11.3 Å². The quantitative estimate of drug-likeness (QED) is 0.858. The van der Waals surface area contributed by atoms with Crippen LogP contribution in [0.15, 0.2) is 41.8 Å². The summed E-state index contributed by atoms with van der Waals surface area (Å²) in [4.78, 5) is 13.2. The van der Waals surface area contributed by atoms with Crippen LogP contribution in [0, 0.1) is 0 Å². The molecule has 1 aromatic carbocycles. The Hall–Kier alpha value is -1.65. The highest BCUT2D eigenvalue weighted by Gasteiger charge is 2.14. The van der Waals surface area contributed by atoms with Gasteiger partial charge in [-0.05, 0) is 35.4 Å². The third-order valence-corrected chi connectivity index (χ3v) is 4.24. The fourth-order valence-electron chi connectivity index (χ4n) is 2.10. The maximum Gasteiger partial charge on any atom is 0.237 e. The molecule has 106 valence electrons. The first-order chi connectivity index (χ1) is 9.70. The molecular weight excluding hydrogens is 268 g/mol. The van der Waals surface area contributed by atoms with Gasteiger partial charge in [-0.25, -0.2) is 0 Å². The van der Waals surface area contributed by atoms with E-state index in [-0.39, 0.29) is 5.91 Å². The second-order valence-corrected chi connectivity index (χ2v) is 5.74. The van der Waals surface area contributed by atoms with Gasteiger partial charge in [-0.15, -0.1) is 11.3 Å². The first-order valence-electron chi connectivity index (χ1n) is 6.83. The average molecular weight is 288 g/mol. The van der Waals surface area contributed by atoms with E-state index in [0.717, 1.165) is 12.0 Å². The summed E-state index contributed by atoms with van der Waals surface area (Å²) in [5.74, 6) is -0.0932. The van der Waals surface area contributed by atoms with E-state index in [0.29, 0.717) is 13.0 Å². The molecule has 20 heavy (non-hydrogen) atoms. The fraction of sp³-hybridized carbons (Fsp3) is 0.312. The molecule has 3 nitrogen and oxygen atoms in total. The van der Waals surface area contributed by atoms with E-state index >= 15 is 0 Å². The van der Waals surface area contributed by atoms with Gasteiger partial charge >= 0.3 is 0 Å². The largest absolute Gasteiger partial charge is 0.350 e. The summed E-state index contributed by atoms with van der Waals surface area (Å²) in [5, 5.41) is 4.99. The Labute approximate surface area is 123 Å². The van der Waals surface area contributed by atoms with Crippen LogP contribution < -0.4 is 11.1 Å². The highest BCUT2D eigenvalue weighted by molar-refractivity contribution is 7.10. The summed E-state index contributed by atoms with van der Waals surface area (Å²) in [6.45, 7) is 2.69. The van der Waals surface area contributed by atoms with Gasteiger partial charge in [-0.1, -0.05) is 37.3 Å². The Morgan fingerprint density at radius 2 is 2.05 bits per heavy atom. The van der Waals surface area contributed by atoms with Crippen LogP contribution in [0.25, 0.3) is 0 Å². The van der Waals surface area contributed by atoms with Crippen LogP contribution in [0.3, 0.4) is 0 Å². The minimum atomic E-state index is -0.498. The van der Waals surface area contributed by atoms with E-state index in [4.69, 9.17) is 5.73 Å². The Kier molecular flexibility index (Phi) is 5.32. The number of nitrogens with one attached hydrogen (secondary N) is 1. The Morgan fingerprint density at radius 3 is 2.75 bits per heavy atom. The maximum atomic E-state index is 12.0. The number of thiophene rings is 1. The average Bonchev–Trinajstić information content (AvgIpc) is 2.93. The van der Waals surface area contributed by atoms with E-state index < -0.39 is 6.04 Å². The second-order valence-electron chi connectivity index (χ2n) is 4.74. The van der Waals surface area contributed by atoms with Gasteiger partial charge in [0.15, 0.2) is 0 Å². The number of benzene rings is 1. The minimum absolute atomic E-state index is 0.0932. The molecule has 0 aliphatic rings. The van der Waals surface area contributed by atoms with Crippen LogP contribution in [-0.2, 0) is 24.2 Å². The van der Waals surface area contributed by atoms with Gasteiger partial charge in [0.25, 0.3) is 0 Å². The lowest BCUT2D eigenvalue weighted by Gasteiger charge is -2.12. The van der Waals surface area contributed by atoms with Gasteiger partial charge in [0.1, 0.15) is 0 Å². The van der Waals surface area contributed by atoms with Gasteiger partial charge in [0.2, 0.25) is 5.91 Å². The van der Waals surface area contributed by atoms with Crippen LogP contribution in [0.2, 0.25) is 0 Å². The molecule has 0 aliphatic heterocycles. The van der Waals surface area contributed by atoms with Gasteiger partial charge in [-0.2, -0.15) is 0 Å². The maximum absolute atomic E-state index is 12.0. The number of hydrogen-bond acceptors (Lipinski definition) is 3. The molecule has 2 rings (SSSR count). The van der Waals surface area contributed by atoms with Crippen molar-refractivity contribution in [3.05, 3.63) is 57.8 Å². The number of carbonyl (C=O) groups is 1. The summed E-state index contributed by atoms with van der Waals surface area (Å²) in [6.07, 6.45) is 1.56. The van der Waals surface area contributed by atoms with E-state index in [1.807, 2.05) is 30.3 Å². The van der Waals surface area contributed by atoms with Gasteiger partial charge in [0, 0.05) is 4.88 Å². The lowest BCUT2D eigenvalue weighted by atomic mass is 10.1. The molecule has 0 spiro atoms. The highest BCUT2D eigenvalue weighted by Crippen LogP contribution is 2.16. The molecule has 4 heteroatoms. The number of amides is 1. The monoisotopic (exact) mass is 288 g/mol. The highest BCUT2D eigenvalue weighted by atomic mass is 32.1. The fourth-order valence-corrected chi connectivity index (χ4v) is 3.01. The van der Waals surface area contributed by atoms with Crippen LogP contribution >= 0.6 is 11.3 Å². The number of hydrogen-bond donors (Lipinski definition) is 2. The van der Waals surface area contributed by atoms with Crippen molar-refractivity contribution in [2.24, 2.45) is 5.73 Å². The number of nitrogens with two attached hydrogens (primary N) is 1. The van der Waals surface area contributed by atoms with Gasteiger partial charge < -0.3 is 11.1 Å². The lowest BCUT2D eigenvalue weighted by molar-refractivity contribution is -0.122. The summed E-state index contributed by atoms with van der Waals surface area (Å²) in [6, 6.07) is 11.5. The van der Waals surface area contributed by atoms with Crippen LogP contribution in [0.5, 0.6) is 0 Å². The van der Waals surface area contributed by atoms with Crippen LogP contribution in [0.1, 0.15) is 22.9 Å². The van der Waals surface area contributed by atoms with Crippen molar-refractivity contribution in [2.45, 2.75) is 32.4 Å². The number of aryl methyl sites for hydroxylation is 1. The Balaban J connectivity index is 1.85. The smallest absolute Gasteiger partial charge is 0.237 e. The first-order valence-corrected chi connectivity index (χ1v) is 7.71. The zero-order chi connectivity index (χ0) is 14.4. The second kappa shape index (κ2) is 7.22. The molecule has 3 N–H and O–H groups in total. The molecule has 1 atom stereocenters.